The van der Waals surface area contributed by atoms with E-state index in [-0.39, 0.29) is 0 Å². The summed E-state index contributed by atoms with van der Waals surface area (Å²) in [4.78, 5) is 0. The maximum absolute atomic E-state index is 3.64. The average Bonchev–Trinajstić information content (AvgIpc) is 2.19. The Bertz CT molecular complexity index is 309. The van der Waals surface area contributed by atoms with Crippen molar-refractivity contribution >= 4 is 11.8 Å². The molecule has 0 aliphatic heterocycles. The Morgan fingerprint density at radius 2 is 1.93 bits per heavy atom. The summed E-state index contributed by atoms with van der Waals surface area (Å²) in [6.45, 7) is 7.96. The van der Waals surface area contributed by atoms with Gasteiger partial charge in [-0.3, -0.25) is 0 Å². The SMILES string of the molecule is C=C/C=C\SC(C)c1ccc(C)cc1. The number of rotatable bonds is 4. The minimum Gasteiger partial charge on any atom is -0.126 e. The van der Waals surface area contributed by atoms with Gasteiger partial charge in [0.25, 0.3) is 0 Å². The van der Waals surface area contributed by atoms with E-state index in [0.717, 1.165) is 0 Å². The van der Waals surface area contributed by atoms with Crippen LogP contribution in [0.15, 0.2) is 48.4 Å². The van der Waals surface area contributed by atoms with E-state index in [2.05, 4.69) is 50.1 Å². The maximum atomic E-state index is 3.64. The second kappa shape index (κ2) is 5.71. The first-order valence-electron chi connectivity index (χ1n) is 4.73. The summed E-state index contributed by atoms with van der Waals surface area (Å²) in [5, 5.41) is 2.59. The summed E-state index contributed by atoms with van der Waals surface area (Å²) < 4.78 is 0. The number of thioether (sulfide) groups is 1. The lowest BCUT2D eigenvalue weighted by atomic mass is 10.1. The molecule has 1 unspecified atom stereocenters. The van der Waals surface area contributed by atoms with E-state index in [1.165, 1.54) is 11.1 Å². The third-order valence-corrected chi connectivity index (χ3v) is 3.04. The molecule has 1 heteroatoms. The van der Waals surface area contributed by atoms with Crippen molar-refractivity contribution in [1.82, 2.24) is 0 Å². The Kier molecular flexibility index (Phi) is 4.54. The fourth-order valence-electron chi connectivity index (χ4n) is 1.13. The van der Waals surface area contributed by atoms with Gasteiger partial charge in [-0.15, -0.1) is 11.8 Å². The fourth-order valence-corrected chi connectivity index (χ4v) is 1.89. The van der Waals surface area contributed by atoms with Crippen LogP contribution in [0.1, 0.15) is 23.3 Å². The van der Waals surface area contributed by atoms with Gasteiger partial charge in [0.05, 0.1) is 0 Å². The van der Waals surface area contributed by atoms with Gasteiger partial charge in [-0.2, -0.15) is 0 Å². The minimum atomic E-state index is 0.506. The van der Waals surface area contributed by atoms with Crippen molar-refractivity contribution in [3.63, 3.8) is 0 Å². The van der Waals surface area contributed by atoms with Gasteiger partial charge in [-0.25, -0.2) is 0 Å². The molecule has 1 atom stereocenters. The smallest absolute Gasteiger partial charge is 0.0310 e. The zero-order chi connectivity index (χ0) is 10.4. The molecule has 0 saturated carbocycles. The molecule has 1 rings (SSSR count). The number of aryl methyl sites for hydroxylation is 1. The summed E-state index contributed by atoms with van der Waals surface area (Å²) in [6, 6.07) is 8.69. The molecule has 0 aromatic heterocycles. The Morgan fingerprint density at radius 1 is 1.29 bits per heavy atom. The Hall–Kier alpha value is -0.950. The van der Waals surface area contributed by atoms with E-state index in [4.69, 9.17) is 0 Å². The predicted molar refractivity (Wildman–Crippen MR) is 66.5 cm³/mol. The quantitative estimate of drug-likeness (QED) is 0.651. The molecular weight excluding hydrogens is 188 g/mol. The molecule has 14 heavy (non-hydrogen) atoms. The Morgan fingerprint density at radius 3 is 2.50 bits per heavy atom. The van der Waals surface area contributed by atoms with Crippen LogP contribution in [0.25, 0.3) is 0 Å². The molecule has 1 aromatic carbocycles. The standard InChI is InChI=1S/C13H16S/c1-4-5-10-14-12(3)13-8-6-11(2)7-9-13/h4-10,12H,1H2,2-3H3/b10-5-. The molecule has 0 bridgehead atoms. The molecule has 0 nitrogen and oxygen atoms in total. The van der Waals surface area contributed by atoms with Crippen LogP contribution >= 0.6 is 11.8 Å². The molecule has 0 saturated heterocycles. The lowest BCUT2D eigenvalue weighted by molar-refractivity contribution is 1.10. The molecule has 0 N–H and O–H groups in total. The number of hydrogen-bond donors (Lipinski definition) is 0. The molecule has 74 valence electrons. The normalized spacial score (nSPS) is 13.0. The highest BCUT2D eigenvalue weighted by atomic mass is 32.2. The minimum absolute atomic E-state index is 0.506. The highest BCUT2D eigenvalue weighted by Crippen LogP contribution is 2.28. The highest BCUT2D eigenvalue weighted by molar-refractivity contribution is 8.02. The molecule has 0 radical (unpaired) electrons. The fraction of sp³-hybridized carbons (Fsp3) is 0.231. The average molecular weight is 204 g/mol. The lowest BCUT2D eigenvalue weighted by Crippen LogP contribution is -1.86. The molecule has 0 aliphatic rings. The molecular formula is C13H16S. The topological polar surface area (TPSA) is 0 Å². The first kappa shape index (κ1) is 11.1. The van der Waals surface area contributed by atoms with Crippen LogP contribution in [0.5, 0.6) is 0 Å². The van der Waals surface area contributed by atoms with E-state index < -0.39 is 0 Å². The van der Waals surface area contributed by atoms with Crippen molar-refractivity contribution in [2.45, 2.75) is 19.1 Å². The molecule has 0 amide bonds. The molecule has 1 aromatic rings. The van der Waals surface area contributed by atoms with E-state index in [1.807, 2.05) is 17.8 Å². The zero-order valence-electron chi connectivity index (χ0n) is 8.73. The van der Waals surface area contributed by atoms with Gasteiger partial charge in [-0.05, 0) is 24.8 Å². The van der Waals surface area contributed by atoms with Crippen molar-refractivity contribution < 1.29 is 0 Å². The molecule has 0 spiro atoms. The molecule has 0 fully saturated rings. The van der Waals surface area contributed by atoms with Crippen LogP contribution in [-0.2, 0) is 0 Å². The summed E-state index contributed by atoms with van der Waals surface area (Å²) >= 11 is 1.81. The van der Waals surface area contributed by atoms with Gasteiger partial charge < -0.3 is 0 Å². The second-order valence-electron chi connectivity index (χ2n) is 3.25. The monoisotopic (exact) mass is 204 g/mol. The summed E-state index contributed by atoms with van der Waals surface area (Å²) in [5.41, 5.74) is 2.68. The predicted octanol–water partition coefficient (Wildman–Crippen LogP) is 4.49. The van der Waals surface area contributed by atoms with Crippen LogP contribution < -0.4 is 0 Å². The van der Waals surface area contributed by atoms with Gasteiger partial charge in [0.1, 0.15) is 0 Å². The van der Waals surface area contributed by atoms with E-state index >= 15 is 0 Å². The number of allylic oxidation sites excluding steroid dienone is 2. The highest BCUT2D eigenvalue weighted by Gasteiger charge is 2.02. The van der Waals surface area contributed by atoms with Gasteiger partial charge in [-0.1, -0.05) is 48.6 Å². The van der Waals surface area contributed by atoms with Crippen molar-refractivity contribution in [1.29, 1.82) is 0 Å². The van der Waals surface area contributed by atoms with Gasteiger partial charge >= 0.3 is 0 Å². The summed E-state index contributed by atoms with van der Waals surface area (Å²) in [6.07, 6.45) is 3.77. The first-order chi connectivity index (χ1) is 6.74. The Labute approximate surface area is 90.7 Å². The summed E-state index contributed by atoms with van der Waals surface area (Å²) in [5.74, 6) is 0. The number of hydrogen-bond acceptors (Lipinski definition) is 1. The summed E-state index contributed by atoms with van der Waals surface area (Å²) in [7, 11) is 0. The van der Waals surface area contributed by atoms with Gasteiger partial charge in [0.15, 0.2) is 0 Å². The van der Waals surface area contributed by atoms with Crippen LogP contribution in [0, 0.1) is 6.92 Å². The second-order valence-corrected chi connectivity index (χ2v) is 4.50. The third kappa shape index (κ3) is 3.43. The lowest BCUT2D eigenvalue weighted by Gasteiger charge is -2.08. The maximum Gasteiger partial charge on any atom is 0.0310 e. The molecule has 0 heterocycles. The number of benzene rings is 1. The van der Waals surface area contributed by atoms with Crippen molar-refractivity contribution in [2.24, 2.45) is 0 Å². The van der Waals surface area contributed by atoms with Crippen LogP contribution in [0.2, 0.25) is 0 Å². The van der Waals surface area contributed by atoms with E-state index in [9.17, 15) is 0 Å². The van der Waals surface area contributed by atoms with Crippen molar-refractivity contribution in [3.05, 3.63) is 59.5 Å². The van der Waals surface area contributed by atoms with Crippen LogP contribution in [-0.4, -0.2) is 0 Å². The molecule has 0 aliphatic carbocycles. The van der Waals surface area contributed by atoms with E-state index in [1.54, 1.807) is 6.08 Å². The van der Waals surface area contributed by atoms with Crippen LogP contribution in [0.3, 0.4) is 0 Å². The first-order valence-corrected chi connectivity index (χ1v) is 5.68. The van der Waals surface area contributed by atoms with Crippen molar-refractivity contribution in [2.75, 3.05) is 0 Å². The van der Waals surface area contributed by atoms with Gasteiger partial charge in [0, 0.05) is 5.25 Å². The largest absolute Gasteiger partial charge is 0.126 e. The Balaban J connectivity index is 2.60. The van der Waals surface area contributed by atoms with E-state index in [0.29, 0.717) is 5.25 Å². The zero-order valence-corrected chi connectivity index (χ0v) is 9.55. The third-order valence-electron chi connectivity index (χ3n) is 2.04. The van der Waals surface area contributed by atoms with Gasteiger partial charge in [0.2, 0.25) is 0 Å². The van der Waals surface area contributed by atoms with Crippen LogP contribution in [0.4, 0.5) is 0 Å². The van der Waals surface area contributed by atoms with Crippen molar-refractivity contribution in [3.8, 4) is 0 Å².